The fraction of sp³-hybridized carbons (Fsp3) is 0.455. The van der Waals surface area contributed by atoms with Crippen molar-refractivity contribution in [1.82, 2.24) is 19.8 Å². The summed E-state index contributed by atoms with van der Waals surface area (Å²) >= 11 is 7.78. The van der Waals surface area contributed by atoms with E-state index in [4.69, 9.17) is 11.6 Å². The van der Waals surface area contributed by atoms with Crippen LogP contribution in [0, 0.1) is 11.3 Å². The molecule has 2 N–H and O–H groups in total. The average molecular weight is 918 g/mol. The maximum absolute atomic E-state index is 13.9. The average Bonchev–Trinajstić information content (AvgIpc) is 3.23. The lowest BCUT2D eigenvalue weighted by Gasteiger charge is -2.41. The van der Waals surface area contributed by atoms with Gasteiger partial charge in [0, 0.05) is 53.5 Å². The Morgan fingerprint density at radius 3 is 2.38 bits per heavy atom. The van der Waals surface area contributed by atoms with Gasteiger partial charge in [0.15, 0.2) is 0 Å². The summed E-state index contributed by atoms with van der Waals surface area (Å²) in [5.74, 6) is 0.558. The number of aromatic nitrogens is 2. The third-order valence-corrected chi connectivity index (χ3v) is 16.4. The van der Waals surface area contributed by atoms with Crippen molar-refractivity contribution in [3.8, 4) is 0 Å². The third-order valence-electron chi connectivity index (χ3n) is 11.9. The Labute approximate surface area is 366 Å². The summed E-state index contributed by atoms with van der Waals surface area (Å²) in [6.45, 7) is 10.7. The number of alkyl halides is 3. The van der Waals surface area contributed by atoms with Crippen molar-refractivity contribution < 1.29 is 30.0 Å². The largest absolute Gasteiger partial charge is 0.501 e. The van der Waals surface area contributed by atoms with E-state index in [0.717, 1.165) is 73.8 Å². The fourth-order valence-corrected chi connectivity index (χ4v) is 11.6. The van der Waals surface area contributed by atoms with E-state index in [0.29, 0.717) is 48.6 Å². The second-order valence-electron chi connectivity index (χ2n) is 17.1. The van der Waals surface area contributed by atoms with Crippen LogP contribution in [0.25, 0.3) is 5.57 Å². The number of nitrogens with one attached hydrogen (secondary N) is 2. The monoisotopic (exact) mass is 916 g/mol. The molecule has 0 radical (unpaired) electrons. The van der Waals surface area contributed by atoms with Crippen LogP contribution < -0.4 is 10.0 Å². The van der Waals surface area contributed by atoms with E-state index >= 15 is 0 Å². The molecule has 7 rings (SSSR count). The molecule has 1 aromatic heterocycles. The minimum atomic E-state index is -5.93. The summed E-state index contributed by atoms with van der Waals surface area (Å²) in [5, 5.41) is 3.55. The third kappa shape index (κ3) is 10.9. The van der Waals surface area contributed by atoms with Gasteiger partial charge in [0.2, 0.25) is 0 Å². The van der Waals surface area contributed by atoms with Gasteiger partial charge in [-0.1, -0.05) is 68.3 Å². The summed E-state index contributed by atoms with van der Waals surface area (Å²) in [4.78, 5) is 12.9. The van der Waals surface area contributed by atoms with Crippen LogP contribution in [0.15, 0.2) is 99.4 Å². The summed E-state index contributed by atoms with van der Waals surface area (Å²) < 4.78 is 97.4. The van der Waals surface area contributed by atoms with Gasteiger partial charge in [0.25, 0.3) is 19.9 Å². The maximum atomic E-state index is 13.9. The Kier molecular flexibility index (Phi) is 13.8. The van der Waals surface area contributed by atoms with Crippen molar-refractivity contribution in [1.29, 1.82) is 0 Å². The highest BCUT2D eigenvalue weighted by Gasteiger charge is 2.48. The summed E-state index contributed by atoms with van der Waals surface area (Å²) in [7, 11) is -10.5. The Morgan fingerprint density at radius 1 is 0.951 bits per heavy atom. The van der Waals surface area contributed by atoms with Gasteiger partial charge in [0.05, 0.1) is 16.3 Å². The molecule has 0 bridgehead atoms. The Hall–Kier alpha value is -3.67. The normalized spacial score (nSPS) is 18.7. The molecular formula is C44H52ClF3N6O4S3. The molecule has 3 aromatic carbocycles. The Bertz CT molecular complexity index is 2450. The summed E-state index contributed by atoms with van der Waals surface area (Å²) in [6.07, 6.45) is 6.95. The number of nitrogens with zero attached hydrogens (tertiary/aromatic N) is 4. The van der Waals surface area contributed by atoms with E-state index in [9.17, 15) is 30.0 Å². The molecule has 0 saturated carbocycles. The molecule has 0 amide bonds. The molecule has 0 spiro atoms. The number of sulfone groups is 1. The van der Waals surface area contributed by atoms with Gasteiger partial charge in [-0.2, -0.15) is 13.2 Å². The van der Waals surface area contributed by atoms with Crippen LogP contribution in [0.4, 0.5) is 24.7 Å². The highest BCUT2D eigenvalue weighted by atomic mass is 35.5. The fourth-order valence-electron chi connectivity index (χ4n) is 8.40. The molecule has 3 aliphatic rings. The standard InChI is InChI=1S/C44H52ClF3N6O4S3/c1-30(28-59-35-7-5-4-6-8-35)25-49-39-14-13-36(23-41(39)60(55,56)44(46,47)48)61(57,58)52-42-37-18-22-54(27-40(37)50-29-51-42)34-16-20-53(21-17-34)26-32-15-19-43(2,3)24-38(32)31-9-11-33(45)12-10-31/h4-14,23,29-30,34,49H,15-22,24-28H2,1-3H3,(H,50,51,52)/t30-/m0/s1. The van der Waals surface area contributed by atoms with Crippen LogP contribution in [-0.2, 0) is 32.8 Å². The van der Waals surface area contributed by atoms with E-state index < -0.39 is 35.2 Å². The smallest absolute Gasteiger partial charge is 0.384 e. The zero-order valence-electron chi connectivity index (χ0n) is 34.5. The second-order valence-corrected chi connectivity index (χ2v) is 22.2. The summed E-state index contributed by atoms with van der Waals surface area (Å²) in [6, 6.07) is 20.8. The minimum Gasteiger partial charge on any atom is -0.384 e. The number of likely N-dealkylation sites (tertiary alicyclic amines) is 1. The SMILES string of the molecule is C[C@@H](CNc1ccc(S(=O)(=O)Nc2ncnc3c2CCN(C2CCN(CC4=C(c5ccc(Cl)cc5)CC(C)(C)CC4)CC2)C3)cc1S(=O)(=O)C(F)(F)F)CSc1ccccc1. The number of benzene rings is 3. The molecule has 0 unspecified atom stereocenters. The number of allylic oxidation sites excluding steroid dienone is 1. The summed E-state index contributed by atoms with van der Waals surface area (Å²) in [5.41, 5.74) is -0.295. The molecule has 61 heavy (non-hydrogen) atoms. The molecule has 4 aromatic rings. The van der Waals surface area contributed by atoms with Gasteiger partial charge in [-0.25, -0.2) is 26.8 Å². The van der Waals surface area contributed by atoms with Crippen LogP contribution in [-0.4, -0.2) is 86.6 Å². The molecule has 10 nitrogen and oxygen atoms in total. The molecule has 3 heterocycles. The molecule has 2 aliphatic heterocycles. The molecule has 1 fully saturated rings. The van der Waals surface area contributed by atoms with Gasteiger partial charge >= 0.3 is 5.51 Å². The lowest BCUT2D eigenvalue weighted by molar-refractivity contribution is -0.0435. The quantitative estimate of drug-likeness (QED) is 0.118. The van der Waals surface area contributed by atoms with E-state index in [2.05, 4.69) is 55.8 Å². The number of hydrogen-bond acceptors (Lipinski definition) is 10. The van der Waals surface area contributed by atoms with Crippen molar-refractivity contribution in [2.24, 2.45) is 11.3 Å². The maximum Gasteiger partial charge on any atom is 0.501 e. The van der Waals surface area contributed by atoms with Crippen molar-refractivity contribution >= 4 is 60.3 Å². The molecule has 1 saturated heterocycles. The van der Waals surface area contributed by atoms with E-state index in [1.54, 1.807) is 11.8 Å². The number of hydrogen-bond donors (Lipinski definition) is 2. The number of piperidine rings is 1. The number of anilines is 2. The number of halogens is 4. The number of fused-ring (bicyclic) bond motifs is 1. The highest BCUT2D eigenvalue weighted by Crippen LogP contribution is 2.44. The number of sulfonamides is 1. The Balaban J connectivity index is 1.00. The molecular weight excluding hydrogens is 865 g/mol. The van der Waals surface area contributed by atoms with Gasteiger partial charge in [-0.3, -0.25) is 14.5 Å². The molecule has 328 valence electrons. The Morgan fingerprint density at radius 2 is 1.67 bits per heavy atom. The molecule has 1 atom stereocenters. The number of rotatable bonds is 14. The van der Waals surface area contributed by atoms with Crippen LogP contribution in [0.5, 0.6) is 0 Å². The van der Waals surface area contributed by atoms with Crippen molar-refractivity contribution in [3.63, 3.8) is 0 Å². The second kappa shape index (κ2) is 18.6. The zero-order chi connectivity index (χ0) is 43.6. The van der Waals surface area contributed by atoms with E-state index in [-0.39, 0.29) is 29.4 Å². The minimum absolute atomic E-state index is 0.0204. The first kappa shape index (κ1) is 45.4. The van der Waals surface area contributed by atoms with Gasteiger partial charge in [-0.15, -0.1) is 11.8 Å². The van der Waals surface area contributed by atoms with Gasteiger partial charge in [0.1, 0.15) is 17.0 Å². The van der Waals surface area contributed by atoms with Gasteiger partial charge in [-0.05, 0) is 117 Å². The zero-order valence-corrected chi connectivity index (χ0v) is 37.7. The van der Waals surface area contributed by atoms with E-state index in [1.807, 2.05) is 49.4 Å². The van der Waals surface area contributed by atoms with Crippen LogP contribution in [0.2, 0.25) is 5.02 Å². The van der Waals surface area contributed by atoms with Crippen molar-refractivity contribution in [2.75, 3.05) is 48.5 Å². The van der Waals surface area contributed by atoms with Crippen molar-refractivity contribution in [2.45, 2.75) is 92.1 Å². The first-order valence-electron chi connectivity index (χ1n) is 20.5. The van der Waals surface area contributed by atoms with Gasteiger partial charge < -0.3 is 5.32 Å². The molecule has 1 aliphatic carbocycles. The van der Waals surface area contributed by atoms with Crippen LogP contribution in [0.3, 0.4) is 0 Å². The number of thioether (sulfide) groups is 1. The van der Waals surface area contributed by atoms with Crippen molar-refractivity contribution in [3.05, 3.63) is 107 Å². The lowest BCUT2D eigenvalue weighted by atomic mass is 9.72. The topological polar surface area (TPSA) is 125 Å². The van der Waals surface area contributed by atoms with Crippen LogP contribution in [0.1, 0.15) is 69.7 Å². The molecule has 17 heteroatoms. The predicted octanol–water partition coefficient (Wildman–Crippen LogP) is 9.55. The van der Waals surface area contributed by atoms with Crippen LogP contribution >= 0.6 is 23.4 Å². The lowest BCUT2D eigenvalue weighted by Crippen LogP contribution is -2.47. The van der Waals surface area contributed by atoms with E-state index in [1.165, 1.54) is 23.0 Å². The predicted molar refractivity (Wildman–Crippen MR) is 237 cm³/mol. The highest BCUT2D eigenvalue weighted by molar-refractivity contribution is 7.99. The first-order chi connectivity index (χ1) is 28.9. The first-order valence-corrected chi connectivity index (χ1v) is 24.9.